The first-order chi connectivity index (χ1) is 12.7. The van der Waals surface area contributed by atoms with E-state index >= 15 is 0 Å². The summed E-state index contributed by atoms with van der Waals surface area (Å²) in [6, 6.07) is 12.9. The van der Waals surface area contributed by atoms with Gasteiger partial charge in [0, 0.05) is 18.0 Å². The number of carbonyl (C=O) groups is 2. The fraction of sp³-hybridized carbons (Fsp3) is 0.263. The molecule has 1 amide bonds. The van der Waals surface area contributed by atoms with Crippen molar-refractivity contribution in [3.8, 4) is 0 Å². The van der Waals surface area contributed by atoms with Gasteiger partial charge >= 0.3 is 5.97 Å². The molecule has 0 saturated carbocycles. The first kappa shape index (κ1) is 20.6. The summed E-state index contributed by atoms with van der Waals surface area (Å²) in [4.78, 5) is 23.8. The highest BCUT2D eigenvalue weighted by atomic mass is 32.2. The van der Waals surface area contributed by atoms with Gasteiger partial charge in [-0.1, -0.05) is 30.3 Å². The monoisotopic (exact) mass is 390 g/mol. The molecule has 0 aliphatic carbocycles. The Balaban J connectivity index is 2.11. The lowest BCUT2D eigenvalue weighted by atomic mass is 10.1. The molecule has 0 fully saturated rings. The zero-order chi connectivity index (χ0) is 20.0. The van der Waals surface area contributed by atoms with E-state index in [2.05, 4.69) is 10.0 Å². The largest absolute Gasteiger partial charge is 0.480 e. The molecule has 1 atom stereocenters. The Hall–Kier alpha value is -2.71. The van der Waals surface area contributed by atoms with Gasteiger partial charge < -0.3 is 10.4 Å². The summed E-state index contributed by atoms with van der Waals surface area (Å²) in [5.41, 5.74) is 0.962. The lowest BCUT2D eigenvalue weighted by Gasteiger charge is -2.15. The van der Waals surface area contributed by atoms with Crippen LogP contribution >= 0.6 is 0 Å². The van der Waals surface area contributed by atoms with Crippen LogP contribution in [0.25, 0.3) is 0 Å². The second-order valence-corrected chi connectivity index (χ2v) is 8.07. The molecule has 2 aromatic carbocycles. The van der Waals surface area contributed by atoms with Crippen molar-refractivity contribution in [3.05, 3.63) is 65.7 Å². The van der Waals surface area contributed by atoms with Gasteiger partial charge in [-0.3, -0.25) is 4.79 Å². The van der Waals surface area contributed by atoms with Gasteiger partial charge in [-0.25, -0.2) is 17.9 Å². The molecule has 0 aromatic heterocycles. The maximum absolute atomic E-state index is 12.3. The van der Waals surface area contributed by atoms with Gasteiger partial charge in [0.1, 0.15) is 6.04 Å². The minimum atomic E-state index is -3.66. The Morgan fingerprint density at radius 2 is 1.59 bits per heavy atom. The normalized spacial score (nSPS) is 12.6. The standard InChI is InChI=1S/C19H22N2O5S/c1-13(2)21-27(25,26)16-10-8-15(9-11-16)18(22)20-17(19(23)24)12-14-6-4-3-5-7-14/h3-11,13,17,21H,12H2,1-2H3,(H,20,22)(H,23,24)/t17-/m0/s1. The smallest absolute Gasteiger partial charge is 0.326 e. The van der Waals surface area contributed by atoms with Crippen molar-refractivity contribution in [2.75, 3.05) is 0 Å². The molecule has 0 aliphatic heterocycles. The van der Waals surface area contributed by atoms with E-state index in [9.17, 15) is 23.1 Å². The van der Waals surface area contributed by atoms with Crippen LogP contribution in [0.15, 0.2) is 59.5 Å². The van der Waals surface area contributed by atoms with Crippen LogP contribution in [-0.2, 0) is 21.2 Å². The number of rotatable bonds is 8. The van der Waals surface area contributed by atoms with Gasteiger partial charge in [0.25, 0.3) is 5.91 Å². The van der Waals surface area contributed by atoms with E-state index in [1.165, 1.54) is 24.3 Å². The Kier molecular flexibility index (Phi) is 6.70. The third-order valence-corrected chi connectivity index (χ3v) is 5.38. The molecule has 0 spiro atoms. The zero-order valence-corrected chi connectivity index (χ0v) is 15.9. The molecule has 0 radical (unpaired) electrons. The van der Waals surface area contributed by atoms with Crippen molar-refractivity contribution in [1.82, 2.24) is 10.0 Å². The SMILES string of the molecule is CC(C)NS(=O)(=O)c1ccc(C(=O)N[C@@H](Cc2ccccc2)C(=O)O)cc1. The summed E-state index contributed by atoms with van der Waals surface area (Å²) >= 11 is 0. The average molecular weight is 390 g/mol. The van der Waals surface area contributed by atoms with Gasteiger partial charge in [-0.15, -0.1) is 0 Å². The van der Waals surface area contributed by atoms with E-state index in [0.29, 0.717) is 0 Å². The zero-order valence-electron chi connectivity index (χ0n) is 15.0. The summed E-state index contributed by atoms with van der Waals surface area (Å²) in [6.45, 7) is 3.41. The molecular weight excluding hydrogens is 368 g/mol. The number of aliphatic carboxylic acids is 1. The number of carboxylic acid groups (broad SMARTS) is 1. The van der Waals surface area contributed by atoms with Gasteiger partial charge in [-0.2, -0.15) is 0 Å². The van der Waals surface area contributed by atoms with Crippen LogP contribution in [-0.4, -0.2) is 37.5 Å². The van der Waals surface area contributed by atoms with E-state index in [4.69, 9.17) is 0 Å². The third-order valence-electron chi connectivity index (χ3n) is 3.70. The predicted octanol–water partition coefficient (Wildman–Crippen LogP) is 1.80. The average Bonchev–Trinajstić information content (AvgIpc) is 2.61. The van der Waals surface area contributed by atoms with Crippen molar-refractivity contribution in [2.45, 2.75) is 37.2 Å². The molecule has 7 nitrogen and oxygen atoms in total. The summed E-state index contributed by atoms with van der Waals surface area (Å²) in [6.07, 6.45) is 0.146. The molecule has 2 aromatic rings. The number of nitrogens with one attached hydrogen (secondary N) is 2. The van der Waals surface area contributed by atoms with Gasteiger partial charge in [0.2, 0.25) is 10.0 Å². The number of amides is 1. The van der Waals surface area contributed by atoms with Gasteiger partial charge in [-0.05, 0) is 43.7 Å². The summed E-state index contributed by atoms with van der Waals surface area (Å²) in [5.74, 6) is -1.73. The number of carboxylic acids is 1. The van der Waals surface area contributed by atoms with Crippen LogP contribution in [0.5, 0.6) is 0 Å². The summed E-state index contributed by atoms with van der Waals surface area (Å²) < 4.78 is 26.7. The van der Waals surface area contributed by atoms with E-state index < -0.39 is 27.9 Å². The maximum atomic E-state index is 12.3. The van der Waals surface area contributed by atoms with Crippen molar-refractivity contribution >= 4 is 21.9 Å². The molecule has 3 N–H and O–H groups in total. The van der Waals surface area contributed by atoms with Crippen LogP contribution < -0.4 is 10.0 Å². The highest BCUT2D eigenvalue weighted by molar-refractivity contribution is 7.89. The van der Waals surface area contributed by atoms with Crippen molar-refractivity contribution in [3.63, 3.8) is 0 Å². The first-order valence-corrected chi connectivity index (χ1v) is 9.87. The number of hydrogen-bond acceptors (Lipinski definition) is 4. The first-order valence-electron chi connectivity index (χ1n) is 8.39. The molecule has 2 rings (SSSR count). The van der Waals surface area contributed by atoms with E-state index in [1.54, 1.807) is 38.1 Å². The molecule has 27 heavy (non-hydrogen) atoms. The number of sulfonamides is 1. The number of carbonyl (C=O) groups excluding carboxylic acids is 1. The van der Waals surface area contributed by atoms with Crippen molar-refractivity contribution in [2.24, 2.45) is 0 Å². The Morgan fingerprint density at radius 1 is 1.00 bits per heavy atom. The van der Waals surface area contributed by atoms with Gasteiger partial charge in [0.05, 0.1) is 4.90 Å². The summed E-state index contributed by atoms with van der Waals surface area (Å²) in [7, 11) is -3.66. The lowest BCUT2D eigenvalue weighted by Crippen LogP contribution is -2.42. The van der Waals surface area contributed by atoms with E-state index in [1.807, 2.05) is 6.07 Å². The second kappa shape index (κ2) is 8.79. The van der Waals surface area contributed by atoms with E-state index in [0.717, 1.165) is 5.56 Å². The number of benzene rings is 2. The molecule has 0 heterocycles. The van der Waals surface area contributed by atoms with Crippen LogP contribution in [0.1, 0.15) is 29.8 Å². The Morgan fingerprint density at radius 3 is 2.11 bits per heavy atom. The highest BCUT2D eigenvalue weighted by Gasteiger charge is 2.22. The quantitative estimate of drug-likeness (QED) is 0.636. The molecule has 0 aliphatic rings. The van der Waals surface area contributed by atoms with Crippen LogP contribution in [0.4, 0.5) is 0 Å². The molecule has 0 unspecified atom stereocenters. The maximum Gasteiger partial charge on any atom is 0.326 e. The number of hydrogen-bond donors (Lipinski definition) is 3. The van der Waals surface area contributed by atoms with Crippen molar-refractivity contribution < 1.29 is 23.1 Å². The lowest BCUT2D eigenvalue weighted by molar-refractivity contribution is -0.139. The minimum Gasteiger partial charge on any atom is -0.480 e. The van der Waals surface area contributed by atoms with Crippen LogP contribution in [0.2, 0.25) is 0 Å². The second-order valence-electron chi connectivity index (χ2n) is 6.35. The van der Waals surface area contributed by atoms with Gasteiger partial charge in [0.15, 0.2) is 0 Å². The molecular formula is C19H22N2O5S. The Bertz CT molecular complexity index is 893. The molecule has 0 bridgehead atoms. The van der Waals surface area contributed by atoms with E-state index in [-0.39, 0.29) is 22.9 Å². The van der Waals surface area contributed by atoms with Crippen LogP contribution in [0.3, 0.4) is 0 Å². The van der Waals surface area contributed by atoms with Crippen molar-refractivity contribution in [1.29, 1.82) is 0 Å². The topological polar surface area (TPSA) is 113 Å². The molecule has 8 heteroatoms. The summed E-state index contributed by atoms with van der Waals surface area (Å²) in [5, 5.41) is 11.8. The fourth-order valence-electron chi connectivity index (χ4n) is 2.46. The Labute approximate surface area is 158 Å². The highest BCUT2D eigenvalue weighted by Crippen LogP contribution is 2.12. The predicted molar refractivity (Wildman–Crippen MR) is 101 cm³/mol. The minimum absolute atomic E-state index is 0.0341. The molecule has 0 saturated heterocycles. The molecule has 144 valence electrons. The third kappa shape index (κ3) is 5.90. The fourth-order valence-corrected chi connectivity index (χ4v) is 3.71. The van der Waals surface area contributed by atoms with Crippen LogP contribution in [0, 0.1) is 0 Å².